The summed E-state index contributed by atoms with van der Waals surface area (Å²) in [4.78, 5) is 27.0. The predicted octanol–water partition coefficient (Wildman–Crippen LogP) is 1.10. The average molecular weight is 385 g/mol. The highest BCUT2D eigenvalue weighted by Crippen LogP contribution is 2.28. The first-order chi connectivity index (χ1) is 13.7. The summed E-state index contributed by atoms with van der Waals surface area (Å²) in [7, 11) is 0. The number of amides is 1. The Bertz CT molecular complexity index is 906. The van der Waals surface area contributed by atoms with Crippen LogP contribution in [0.25, 0.3) is 0 Å². The smallest absolute Gasteiger partial charge is 0.286 e. The van der Waals surface area contributed by atoms with Gasteiger partial charge in [-0.3, -0.25) is 14.2 Å². The van der Waals surface area contributed by atoms with Crippen LogP contribution in [-0.2, 0) is 11.3 Å². The molecule has 1 amide bonds. The first-order valence-corrected chi connectivity index (χ1v) is 9.55. The maximum Gasteiger partial charge on any atom is 0.286 e. The summed E-state index contributed by atoms with van der Waals surface area (Å²) < 4.78 is 12.4. The Morgan fingerprint density at radius 2 is 2.11 bits per heavy atom. The maximum atomic E-state index is 12.7. The third-order valence-corrected chi connectivity index (χ3v) is 4.91. The third-order valence-electron chi connectivity index (χ3n) is 4.91. The number of hydrogen-bond acceptors (Lipinski definition) is 7. The zero-order valence-corrected chi connectivity index (χ0v) is 15.8. The van der Waals surface area contributed by atoms with Gasteiger partial charge in [-0.2, -0.15) is 0 Å². The Morgan fingerprint density at radius 3 is 2.82 bits per heavy atom. The zero-order chi connectivity index (χ0) is 19.5. The van der Waals surface area contributed by atoms with Crippen LogP contribution in [-0.4, -0.2) is 53.1 Å². The minimum absolute atomic E-state index is 0.00393. The second kappa shape index (κ2) is 7.97. The van der Waals surface area contributed by atoms with Gasteiger partial charge in [0, 0.05) is 31.9 Å². The van der Waals surface area contributed by atoms with Crippen molar-refractivity contribution in [2.75, 3.05) is 31.2 Å². The van der Waals surface area contributed by atoms with Crippen molar-refractivity contribution < 1.29 is 14.3 Å². The molecule has 0 saturated carbocycles. The molecule has 0 aliphatic carbocycles. The maximum absolute atomic E-state index is 12.7. The summed E-state index contributed by atoms with van der Waals surface area (Å²) in [6.45, 7) is 4.65. The van der Waals surface area contributed by atoms with E-state index >= 15 is 0 Å². The van der Waals surface area contributed by atoms with E-state index in [1.807, 2.05) is 36.1 Å². The highest BCUT2D eigenvalue weighted by molar-refractivity contribution is 5.91. The fraction of sp³-hybridized carbons (Fsp3) is 0.474. The standard InChI is InChI=1S/C19H23N5O4/c1-2-27-14-7-5-13(6-8-14)23-9-10-24-18(26)16(21-22-19(23)24)17(25)20-12-15-4-3-11-28-15/h5-8,15H,2-4,9-12H2,1H3,(H,20,25). The third kappa shape index (κ3) is 3.57. The number of rotatable bonds is 6. The van der Waals surface area contributed by atoms with Crippen LogP contribution in [0.3, 0.4) is 0 Å². The van der Waals surface area contributed by atoms with Crippen LogP contribution in [0.1, 0.15) is 30.3 Å². The van der Waals surface area contributed by atoms with Gasteiger partial charge in [-0.05, 0) is 44.0 Å². The van der Waals surface area contributed by atoms with Gasteiger partial charge < -0.3 is 19.7 Å². The van der Waals surface area contributed by atoms with Gasteiger partial charge in [0.25, 0.3) is 11.5 Å². The van der Waals surface area contributed by atoms with E-state index in [2.05, 4.69) is 15.5 Å². The van der Waals surface area contributed by atoms with Crippen LogP contribution in [0.5, 0.6) is 5.75 Å². The van der Waals surface area contributed by atoms with E-state index in [9.17, 15) is 9.59 Å². The van der Waals surface area contributed by atoms with Gasteiger partial charge in [0.15, 0.2) is 0 Å². The first-order valence-electron chi connectivity index (χ1n) is 9.55. The van der Waals surface area contributed by atoms with Gasteiger partial charge in [0.2, 0.25) is 11.6 Å². The molecule has 2 aliphatic rings. The van der Waals surface area contributed by atoms with Crippen molar-refractivity contribution in [2.45, 2.75) is 32.4 Å². The fourth-order valence-electron chi connectivity index (χ4n) is 3.48. The van der Waals surface area contributed by atoms with Crippen LogP contribution < -0.4 is 20.5 Å². The molecule has 9 nitrogen and oxygen atoms in total. The molecule has 2 aliphatic heterocycles. The minimum Gasteiger partial charge on any atom is -0.494 e. The number of carbonyl (C=O) groups excluding carboxylic acids is 1. The van der Waals surface area contributed by atoms with Crippen LogP contribution in [0.15, 0.2) is 29.1 Å². The van der Waals surface area contributed by atoms with Gasteiger partial charge in [0.05, 0.1) is 12.7 Å². The number of anilines is 2. The molecule has 0 bridgehead atoms. The molecule has 9 heteroatoms. The minimum atomic E-state index is -0.511. The Kier molecular flexibility index (Phi) is 5.25. The van der Waals surface area contributed by atoms with E-state index in [-0.39, 0.29) is 11.8 Å². The largest absolute Gasteiger partial charge is 0.494 e. The number of nitrogens with zero attached hydrogens (tertiary/aromatic N) is 4. The number of carbonyl (C=O) groups is 1. The molecule has 4 rings (SSSR count). The molecule has 1 fully saturated rings. The van der Waals surface area contributed by atoms with Crippen LogP contribution in [0.2, 0.25) is 0 Å². The molecule has 1 unspecified atom stereocenters. The van der Waals surface area contributed by atoms with Crippen LogP contribution in [0, 0.1) is 0 Å². The number of aromatic nitrogens is 3. The fourth-order valence-corrected chi connectivity index (χ4v) is 3.48. The van der Waals surface area contributed by atoms with Gasteiger partial charge in [-0.1, -0.05) is 0 Å². The van der Waals surface area contributed by atoms with Crippen molar-refractivity contribution in [3.05, 3.63) is 40.3 Å². The summed E-state index contributed by atoms with van der Waals surface area (Å²) in [6, 6.07) is 7.57. The van der Waals surface area contributed by atoms with E-state index in [0.29, 0.717) is 38.8 Å². The number of fused-ring (bicyclic) bond motifs is 1. The molecule has 1 aromatic carbocycles. The number of hydrogen-bond donors (Lipinski definition) is 1. The Balaban J connectivity index is 1.51. The molecular weight excluding hydrogens is 362 g/mol. The van der Waals surface area contributed by atoms with E-state index in [1.54, 1.807) is 0 Å². The first kappa shape index (κ1) is 18.4. The second-order valence-electron chi connectivity index (χ2n) is 6.73. The second-order valence-corrected chi connectivity index (χ2v) is 6.73. The summed E-state index contributed by atoms with van der Waals surface area (Å²) in [5.74, 6) is 0.708. The summed E-state index contributed by atoms with van der Waals surface area (Å²) in [5.41, 5.74) is 0.276. The molecule has 1 atom stereocenters. The molecule has 28 heavy (non-hydrogen) atoms. The normalized spacial score (nSPS) is 18.2. The van der Waals surface area contributed by atoms with Gasteiger partial charge in [-0.15, -0.1) is 10.2 Å². The van der Waals surface area contributed by atoms with Crippen molar-refractivity contribution >= 4 is 17.5 Å². The molecule has 148 valence electrons. The Morgan fingerprint density at radius 1 is 1.29 bits per heavy atom. The SMILES string of the molecule is CCOc1ccc(N2CCn3c2nnc(C(=O)NCC2CCCO2)c3=O)cc1. The number of nitrogens with one attached hydrogen (secondary N) is 1. The van der Waals surface area contributed by atoms with E-state index in [0.717, 1.165) is 24.3 Å². The Labute approximate surface area is 162 Å². The molecule has 1 N–H and O–H groups in total. The molecule has 0 spiro atoms. The lowest BCUT2D eigenvalue weighted by atomic mass is 10.2. The quantitative estimate of drug-likeness (QED) is 0.795. The topological polar surface area (TPSA) is 98.6 Å². The molecule has 2 aromatic rings. The Hall–Kier alpha value is -2.94. The highest BCUT2D eigenvalue weighted by atomic mass is 16.5. The van der Waals surface area contributed by atoms with E-state index in [4.69, 9.17) is 9.47 Å². The van der Waals surface area contributed by atoms with Crippen molar-refractivity contribution in [3.8, 4) is 5.75 Å². The van der Waals surface area contributed by atoms with E-state index < -0.39 is 11.5 Å². The summed E-state index contributed by atoms with van der Waals surface area (Å²) in [5, 5.41) is 10.8. The van der Waals surface area contributed by atoms with E-state index in [1.165, 1.54) is 4.57 Å². The molecule has 1 saturated heterocycles. The van der Waals surface area contributed by atoms with Gasteiger partial charge in [0.1, 0.15) is 5.75 Å². The lowest BCUT2D eigenvalue weighted by Crippen LogP contribution is -2.38. The van der Waals surface area contributed by atoms with Crippen LogP contribution >= 0.6 is 0 Å². The number of benzene rings is 1. The average Bonchev–Trinajstić information content (AvgIpc) is 3.37. The van der Waals surface area contributed by atoms with Gasteiger partial charge in [-0.25, -0.2) is 0 Å². The molecule has 1 aromatic heterocycles. The predicted molar refractivity (Wildman–Crippen MR) is 102 cm³/mol. The van der Waals surface area contributed by atoms with Crippen molar-refractivity contribution in [2.24, 2.45) is 0 Å². The lowest BCUT2D eigenvalue weighted by molar-refractivity contribution is 0.0851. The summed E-state index contributed by atoms with van der Waals surface area (Å²) >= 11 is 0. The van der Waals surface area contributed by atoms with Crippen LogP contribution in [0.4, 0.5) is 11.6 Å². The van der Waals surface area contributed by atoms with Crippen molar-refractivity contribution in [3.63, 3.8) is 0 Å². The molecular formula is C19H23N5O4. The highest BCUT2D eigenvalue weighted by Gasteiger charge is 2.27. The lowest BCUT2D eigenvalue weighted by Gasteiger charge is -2.17. The van der Waals surface area contributed by atoms with Crippen molar-refractivity contribution in [1.82, 2.24) is 20.1 Å². The van der Waals surface area contributed by atoms with Gasteiger partial charge >= 0.3 is 0 Å². The monoisotopic (exact) mass is 385 g/mol. The summed E-state index contributed by atoms with van der Waals surface area (Å²) in [6.07, 6.45) is 1.90. The number of ether oxygens (including phenoxy) is 2. The molecule has 0 radical (unpaired) electrons. The van der Waals surface area contributed by atoms with Crippen molar-refractivity contribution in [1.29, 1.82) is 0 Å². The zero-order valence-electron chi connectivity index (χ0n) is 15.8. The molecule has 3 heterocycles.